The van der Waals surface area contributed by atoms with Crippen molar-refractivity contribution < 1.29 is 0 Å². The minimum Gasteiger partial charge on any atom is -0.356 e. The SMILES string of the molecule is CN=C(NCCSC)NCC1(N2CCSCC2)CCCC1.I. The highest BCUT2D eigenvalue weighted by molar-refractivity contribution is 14.0. The minimum absolute atomic E-state index is 0. The third-order valence-corrected chi connectivity index (χ3v) is 6.18. The largest absolute Gasteiger partial charge is 0.356 e. The van der Waals surface area contributed by atoms with Crippen LogP contribution in [0.3, 0.4) is 0 Å². The molecule has 1 saturated heterocycles. The summed E-state index contributed by atoms with van der Waals surface area (Å²) in [6.07, 6.45) is 7.58. The van der Waals surface area contributed by atoms with Crippen LogP contribution in [0, 0.1) is 0 Å². The molecule has 2 fully saturated rings. The lowest BCUT2D eigenvalue weighted by Crippen LogP contribution is -2.57. The van der Waals surface area contributed by atoms with E-state index < -0.39 is 0 Å². The summed E-state index contributed by atoms with van der Waals surface area (Å²) in [5.74, 6) is 4.67. The first-order chi connectivity index (χ1) is 10.3. The van der Waals surface area contributed by atoms with E-state index in [1.165, 1.54) is 50.3 Å². The van der Waals surface area contributed by atoms with Crippen molar-refractivity contribution in [3.8, 4) is 0 Å². The van der Waals surface area contributed by atoms with E-state index in [1.54, 1.807) is 0 Å². The molecule has 1 heterocycles. The fraction of sp³-hybridized carbons (Fsp3) is 0.933. The van der Waals surface area contributed by atoms with Crippen LogP contribution in [0.25, 0.3) is 0 Å². The molecule has 2 rings (SSSR count). The highest BCUT2D eigenvalue weighted by Crippen LogP contribution is 2.36. The molecule has 0 aromatic heterocycles. The lowest BCUT2D eigenvalue weighted by Gasteiger charge is -2.43. The Morgan fingerprint density at radius 3 is 2.50 bits per heavy atom. The molecule has 7 heteroatoms. The van der Waals surface area contributed by atoms with Crippen molar-refractivity contribution in [2.24, 2.45) is 4.99 Å². The summed E-state index contributed by atoms with van der Waals surface area (Å²) < 4.78 is 0. The summed E-state index contributed by atoms with van der Waals surface area (Å²) >= 11 is 3.96. The molecule has 4 nitrogen and oxygen atoms in total. The fourth-order valence-corrected chi connectivity index (χ4v) is 4.63. The average Bonchev–Trinajstić information content (AvgIpc) is 3.02. The lowest BCUT2D eigenvalue weighted by atomic mass is 9.94. The predicted octanol–water partition coefficient (Wildman–Crippen LogP) is 2.49. The van der Waals surface area contributed by atoms with Crippen molar-refractivity contribution >= 4 is 53.5 Å². The summed E-state index contributed by atoms with van der Waals surface area (Å²) in [5, 5.41) is 7.00. The van der Waals surface area contributed by atoms with Crippen LogP contribution < -0.4 is 10.6 Å². The van der Waals surface area contributed by atoms with Crippen LogP contribution in [0.4, 0.5) is 0 Å². The lowest BCUT2D eigenvalue weighted by molar-refractivity contribution is 0.107. The highest BCUT2D eigenvalue weighted by atomic mass is 127. The molecule has 0 unspecified atom stereocenters. The first-order valence-electron chi connectivity index (χ1n) is 8.07. The van der Waals surface area contributed by atoms with Crippen LogP contribution in [0.2, 0.25) is 0 Å². The zero-order valence-corrected chi connectivity index (χ0v) is 17.9. The van der Waals surface area contributed by atoms with Gasteiger partial charge in [0.15, 0.2) is 5.96 Å². The van der Waals surface area contributed by atoms with Gasteiger partial charge >= 0.3 is 0 Å². The molecular formula is C15H31IN4S2. The number of halogens is 1. The van der Waals surface area contributed by atoms with E-state index in [9.17, 15) is 0 Å². The van der Waals surface area contributed by atoms with Gasteiger partial charge in [0.25, 0.3) is 0 Å². The van der Waals surface area contributed by atoms with E-state index in [1.807, 2.05) is 18.8 Å². The number of thioether (sulfide) groups is 2. The monoisotopic (exact) mass is 458 g/mol. The van der Waals surface area contributed by atoms with E-state index in [0.717, 1.165) is 24.8 Å². The van der Waals surface area contributed by atoms with Crippen LogP contribution in [-0.2, 0) is 0 Å². The predicted molar refractivity (Wildman–Crippen MR) is 113 cm³/mol. The van der Waals surface area contributed by atoms with Gasteiger partial charge in [-0.3, -0.25) is 9.89 Å². The highest BCUT2D eigenvalue weighted by Gasteiger charge is 2.39. The Hall–Kier alpha value is 0.660. The summed E-state index contributed by atoms with van der Waals surface area (Å²) in [6.45, 7) is 4.53. The van der Waals surface area contributed by atoms with Crippen molar-refractivity contribution in [3.63, 3.8) is 0 Å². The number of hydrogen-bond acceptors (Lipinski definition) is 4. The number of guanidine groups is 1. The third kappa shape index (κ3) is 5.94. The molecule has 1 aliphatic carbocycles. The summed E-state index contributed by atoms with van der Waals surface area (Å²) in [4.78, 5) is 7.11. The fourth-order valence-electron chi connectivity index (χ4n) is 3.42. The van der Waals surface area contributed by atoms with Crippen molar-refractivity contribution in [2.75, 3.05) is 56.7 Å². The molecule has 1 aliphatic heterocycles. The molecular weight excluding hydrogens is 427 g/mol. The Balaban J connectivity index is 0.00000242. The van der Waals surface area contributed by atoms with Crippen LogP contribution in [0.1, 0.15) is 25.7 Å². The molecule has 22 heavy (non-hydrogen) atoms. The Bertz CT molecular complexity index is 330. The van der Waals surface area contributed by atoms with Gasteiger partial charge in [0, 0.05) is 56.0 Å². The molecule has 0 spiro atoms. The van der Waals surface area contributed by atoms with Crippen molar-refractivity contribution in [1.82, 2.24) is 15.5 Å². The zero-order chi connectivity index (χ0) is 15.0. The number of nitrogens with one attached hydrogen (secondary N) is 2. The topological polar surface area (TPSA) is 39.7 Å². The summed E-state index contributed by atoms with van der Waals surface area (Å²) in [6, 6.07) is 0. The van der Waals surface area contributed by atoms with Crippen LogP contribution in [0.5, 0.6) is 0 Å². The van der Waals surface area contributed by atoms with Gasteiger partial charge in [0.1, 0.15) is 0 Å². The summed E-state index contributed by atoms with van der Waals surface area (Å²) in [7, 11) is 1.87. The van der Waals surface area contributed by atoms with Crippen molar-refractivity contribution in [2.45, 2.75) is 31.2 Å². The van der Waals surface area contributed by atoms with E-state index in [0.29, 0.717) is 5.54 Å². The number of hydrogen-bond donors (Lipinski definition) is 2. The third-order valence-electron chi connectivity index (χ3n) is 4.62. The molecule has 0 bridgehead atoms. The average molecular weight is 458 g/mol. The van der Waals surface area contributed by atoms with E-state index in [2.05, 4.69) is 38.5 Å². The zero-order valence-electron chi connectivity index (χ0n) is 13.9. The molecule has 0 amide bonds. The van der Waals surface area contributed by atoms with Gasteiger partial charge in [-0.05, 0) is 19.1 Å². The second-order valence-electron chi connectivity index (χ2n) is 5.88. The summed E-state index contributed by atoms with van der Waals surface area (Å²) in [5.41, 5.74) is 0.373. The first kappa shape index (κ1) is 20.7. The molecule has 0 radical (unpaired) electrons. The van der Waals surface area contributed by atoms with E-state index in [-0.39, 0.29) is 24.0 Å². The Morgan fingerprint density at radius 1 is 1.23 bits per heavy atom. The Kier molecular flexibility index (Phi) is 10.6. The molecule has 130 valence electrons. The van der Waals surface area contributed by atoms with Gasteiger partial charge in [-0.1, -0.05) is 12.8 Å². The minimum atomic E-state index is 0. The Labute approximate surface area is 161 Å². The maximum absolute atomic E-state index is 4.36. The smallest absolute Gasteiger partial charge is 0.191 e. The Morgan fingerprint density at radius 2 is 1.91 bits per heavy atom. The van der Waals surface area contributed by atoms with Crippen molar-refractivity contribution in [1.29, 1.82) is 0 Å². The van der Waals surface area contributed by atoms with E-state index >= 15 is 0 Å². The van der Waals surface area contributed by atoms with Gasteiger partial charge in [0.2, 0.25) is 0 Å². The number of rotatable bonds is 6. The van der Waals surface area contributed by atoms with E-state index in [4.69, 9.17) is 0 Å². The standard InChI is InChI=1S/C15H30N4S2.HI/c1-16-14(17-7-10-20-2)18-13-15(5-3-4-6-15)19-8-11-21-12-9-19;/h3-13H2,1-2H3,(H2,16,17,18);1H. The molecule has 1 saturated carbocycles. The number of nitrogens with zero attached hydrogens (tertiary/aromatic N) is 2. The maximum atomic E-state index is 4.36. The normalized spacial score (nSPS) is 22.2. The quantitative estimate of drug-likeness (QED) is 0.277. The van der Waals surface area contributed by atoms with Gasteiger partial charge in [-0.25, -0.2) is 0 Å². The van der Waals surface area contributed by atoms with Gasteiger partial charge < -0.3 is 10.6 Å². The molecule has 0 atom stereocenters. The molecule has 0 aromatic carbocycles. The van der Waals surface area contributed by atoms with Gasteiger partial charge in [0.05, 0.1) is 0 Å². The van der Waals surface area contributed by atoms with Crippen LogP contribution >= 0.6 is 47.5 Å². The molecule has 2 aliphatic rings. The number of aliphatic imine (C=N–C) groups is 1. The maximum Gasteiger partial charge on any atom is 0.191 e. The van der Waals surface area contributed by atoms with Crippen LogP contribution in [0.15, 0.2) is 4.99 Å². The van der Waals surface area contributed by atoms with Crippen molar-refractivity contribution in [3.05, 3.63) is 0 Å². The van der Waals surface area contributed by atoms with Gasteiger partial charge in [-0.2, -0.15) is 23.5 Å². The molecule has 2 N–H and O–H groups in total. The second-order valence-corrected chi connectivity index (χ2v) is 8.09. The molecule has 0 aromatic rings. The second kappa shape index (κ2) is 11.3. The van der Waals surface area contributed by atoms with Crippen LogP contribution in [-0.4, -0.2) is 73.1 Å². The first-order valence-corrected chi connectivity index (χ1v) is 10.6. The van der Waals surface area contributed by atoms with Gasteiger partial charge in [-0.15, -0.1) is 24.0 Å².